The highest BCUT2D eigenvalue weighted by Crippen LogP contribution is 2.27. The maximum absolute atomic E-state index is 10.6. The third kappa shape index (κ3) is 2.46. The standard InChI is InChI=1S/C9H14O5/c1-3-4-12-7(10)9(2)5-13-8(11)14-6-9/h3,7,10H,1,4-6H2,2H3. The average molecular weight is 202 g/mol. The average Bonchev–Trinajstić information content (AvgIpc) is 2.19. The monoisotopic (exact) mass is 202 g/mol. The fourth-order valence-electron chi connectivity index (χ4n) is 1.03. The molecule has 0 aromatic heterocycles. The first-order valence-corrected chi connectivity index (χ1v) is 4.28. The Morgan fingerprint density at radius 2 is 2.29 bits per heavy atom. The predicted octanol–water partition coefficient (Wildman–Crippen LogP) is 0.681. The molecule has 0 aromatic carbocycles. The van der Waals surface area contributed by atoms with Gasteiger partial charge in [0, 0.05) is 0 Å². The molecule has 1 fully saturated rings. The molecule has 80 valence electrons. The zero-order chi connectivity index (χ0) is 10.6. The summed E-state index contributed by atoms with van der Waals surface area (Å²) in [5.74, 6) is 0. The van der Waals surface area contributed by atoms with Crippen molar-refractivity contribution in [3.05, 3.63) is 12.7 Å². The van der Waals surface area contributed by atoms with Crippen molar-refractivity contribution in [2.45, 2.75) is 13.2 Å². The van der Waals surface area contributed by atoms with Crippen LogP contribution in [0.15, 0.2) is 12.7 Å². The van der Waals surface area contributed by atoms with Gasteiger partial charge in [-0.15, -0.1) is 6.58 Å². The van der Waals surface area contributed by atoms with Crippen LogP contribution in [0.25, 0.3) is 0 Å². The largest absolute Gasteiger partial charge is 0.508 e. The fraction of sp³-hybridized carbons (Fsp3) is 0.667. The van der Waals surface area contributed by atoms with Crippen LogP contribution in [-0.4, -0.2) is 37.4 Å². The van der Waals surface area contributed by atoms with Crippen molar-refractivity contribution in [3.63, 3.8) is 0 Å². The van der Waals surface area contributed by atoms with Gasteiger partial charge in [-0.1, -0.05) is 6.08 Å². The third-order valence-corrected chi connectivity index (χ3v) is 2.01. The summed E-state index contributed by atoms with van der Waals surface area (Å²) in [7, 11) is 0. The Morgan fingerprint density at radius 3 is 2.79 bits per heavy atom. The van der Waals surface area contributed by atoms with Gasteiger partial charge in [0.05, 0.1) is 12.0 Å². The summed E-state index contributed by atoms with van der Waals surface area (Å²) in [6, 6.07) is 0. The number of ether oxygens (including phenoxy) is 3. The Hall–Kier alpha value is -1.07. The Labute approximate surface area is 82.3 Å². The lowest BCUT2D eigenvalue weighted by molar-refractivity contribution is -0.206. The van der Waals surface area contributed by atoms with Crippen LogP contribution >= 0.6 is 0 Å². The van der Waals surface area contributed by atoms with E-state index in [2.05, 4.69) is 16.1 Å². The van der Waals surface area contributed by atoms with E-state index < -0.39 is 17.9 Å². The molecule has 0 radical (unpaired) electrons. The van der Waals surface area contributed by atoms with Crippen LogP contribution in [0.3, 0.4) is 0 Å². The normalized spacial score (nSPS) is 22.0. The van der Waals surface area contributed by atoms with E-state index in [0.29, 0.717) is 0 Å². The van der Waals surface area contributed by atoms with Crippen LogP contribution < -0.4 is 0 Å². The maximum Gasteiger partial charge on any atom is 0.508 e. The van der Waals surface area contributed by atoms with Crippen LogP contribution in [0, 0.1) is 5.41 Å². The van der Waals surface area contributed by atoms with Crippen molar-refractivity contribution in [3.8, 4) is 0 Å². The minimum atomic E-state index is -1.03. The van der Waals surface area contributed by atoms with Crippen LogP contribution in [0.1, 0.15) is 6.92 Å². The number of rotatable bonds is 4. The molecule has 1 aliphatic rings. The van der Waals surface area contributed by atoms with Gasteiger partial charge in [0.1, 0.15) is 13.2 Å². The van der Waals surface area contributed by atoms with Gasteiger partial charge in [0.2, 0.25) is 0 Å². The molecule has 0 amide bonds. The summed E-state index contributed by atoms with van der Waals surface area (Å²) in [6.07, 6.45) is -0.213. The molecular formula is C9H14O5. The second-order valence-corrected chi connectivity index (χ2v) is 3.46. The second-order valence-electron chi connectivity index (χ2n) is 3.46. The first-order chi connectivity index (χ1) is 6.58. The molecule has 0 bridgehead atoms. The maximum atomic E-state index is 10.6. The predicted molar refractivity (Wildman–Crippen MR) is 47.6 cm³/mol. The Balaban J connectivity index is 2.47. The Kier molecular flexibility index (Phi) is 3.49. The van der Waals surface area contributed by atoms with Gasteiger partial charge in [-0.05, 0) is 6.92 Å². The van der Waals surface area contributed by atoms with Crippen molar-refractivity contribution < 1.29 is 24.1 Å². The summed E-state index contributed by atoms with van der Waals surface area (Å²) in [4.78, 5) is 10.6. The number of aliphatic hydroxyl groups excluding tert-OH is 1. The molecular weight excluding hydrogens is 188 g/mol. The number of carbonyl (C=O) groups excluding carboxylic acids is 1. The topological polar surface area (TPSA) is 65.0 Å². The van der Waals surface area contributed by atoms with E-state index in [0.717, 1.165) is 0 Å². The number of hydrogen-bond acceptors (Lipinski definition) is 5. The number of carbonyl (C=O) groups is 1. The highest BCUT2D eigenvalue weighted by atomic mass is 16.7. The van der Waals surface area contributed by atoms with Crippen LogP contribution in [0.4, 0.5) is 4.79 Å². The van der Waals surface area contributed by atoms with Crippen LogP contribution in [0.2, 0.25) is 0 Å². The smallest absolute Gasteiger partial charge is 0.433 e. The van der Waals surface area contributed by atoms with Gasteiger partial charge < -0.3 is 19.3 Å². The molecule has 1 heterocycles. The summed E-state index contributed by atoms with van der Waals surface area (Å²) in [5.41, 5.74) is -0.711. The summed E-state index contributed by atoms with van der Waals surface area (Å²) < 4.78 is 14.4. The van der Waals surface area contributed by atoms with Crippen molar-refractivity contribution in [1.29, 1.82) is 0 Å². The number of hydrogen-bond donors (Lipinski definition) is 1. The fourth-order valence-corrected chi connectivity index (χ4v) is 1.03. The summed E-state index contributed by atoms with van der Waals surface area (Å²) >= 11 is 0. The molecule has 1 saturated heterocycles. The van der Waals surface area contributed by atoms with Gasteiger partial charge in [0.15, 0.2) is 6.29 Å². The lowest BCUT2D eigenvalue weighted by Gasteiger charge is -2.35. The van der Waals surface area contributed by atoms with Crippen molar-refractivity contribution in [2.75, 3.05) is 19.8 Å². The lowest BCUT2D eigenvalue weighted by atomic mass is 9.91. The van der Waals surface area contributed by atoms with Gasteiger partial charge in [0.25, 0.3) is 0 Å². The van der Waals surface area contributed by atoms with E-state index in [9.17, 15) is 9.90 Å². The van der Waals surface area contributed by atoms with E-state index in [1.807, 2.05) is 0 Å². The number of cyclic esters (lactones) is 2. The molecule has 1 unspecified atom stereocenters. The number of aliphatic hydroxyl groups is 1. The van der Waals surface area contributed by atoms with E-state index in [-0.39, 0.29) is 19.8 Å². The third-order valence-electron chi connectivity index (χ3n) is 2.01. The first kappa shape index (κ1) is 11.0. The van der Waals surface area contributed by atoms with E-state index in [1.54, 1.807) is 6.92 Å². The van der Waals surface area contributed by atoms with Gasteiger partial charge in [-0.3, -0.25) is 0 Å². The Morgan fingerprint density at radius 1 is 1.71 bits per heavy atom. The van der Waals surface area contributed by atoms with E-state index >= 15 is 0 Å². The zero-order valence-corrected chi connectivity index (χ0v) is 8.06. The molecule has 0 aliphatic carbocycles. The summed E-state index contributed by atoms with van der Waals surface area (Å²) in [6.45, 7) is 5.59. The van der Waals surface area contributed by atoms with Crippen molar-refractivity contribution in [1.82, 2.24) is 0 Å². The van der Waals surface area contributed by atoms with Crippen LogP contribution in [-0.2, 0) is 14.2 Å². The van der Waals surface area contributed by atoms with Gasteiger partial charge >= 0.3 is 6.16 Å². The molecule has 0 aromatic rings. The van der Waals surface area contributed by atoms with E-state index in [1.165, 1.54) is 6.08 Å². The molecule has 0 spiro atoms. The second kappa shape index (κ2) is 4.43. The van der Waals surface area contributed by atoms with E-state index in [4.69, 9.17) is 4.74 Å². The molecule has 14 heavy (non-hydrogen) atoms. The highest BCUT2D eigenvalue weighted by molar-refractivity contribution is 5.60. The van der Waals surface area contributed by atoms with Crippen molar-refractivity contribution in [2.24, 2.45) is 5.41 Å². The molecule has 1 atom stereocenters. The molecule has 1 aliphatic heterocycles. The van der Waals surface area contributed by atoms with Gasteiger partial charge in [-0.2, -0.15) is 0 Å². The quantitative estimate of drug-likeness (QED) is 0.412. The van der Waals surface area contributed by atoms with Gasteiger partial charge in [-0.25, -0.2) is 4.79 Å². The SMILES string of the molecule is C=CCOC(O)C1(C)COC(=O)OC1. The minimum absolute atomic E-state index is 0.0874. The molecule has 0 saturated carbocycles. The Bertz CT molecular complexity index is 215. The minimum Gasteiger partial charge on any atom is -0.433 e. The molecule has 5 nitrogen and oxygen atoms in total. The zero-order valence-electron chi connectivity index (χ0n) is 8.06. The first-order valence-electron chi connectivity index (χ1n) is 4.28. The van der Waals surface area contributed by atoms with Crippen molar-refractivity contribution >= 4 is 6.16 Å². The molecule has 1 N–H and O–H groups in total. The lowest BCUT2D eigenvalue weighted by Crippen LogP contribution is -2.46. The van der Waals surface area contributed by atoms with Crippen LogP contribution in [0.5, 0.6) is 0 Å². The summed E-state index contributed by atoms with van der Waals surface area (Å²) in [5, 5.41) is 9.61. The molecule has 5 heteroatoms. The highest BCUT2D eigenvalue weighted by Gasteiger charge is 2.40. The molecule has 1 rings (SSSR count).